The monoisotopic (exact) mass is 472 g/mol. The first-order valence-electron chi connectivity index (χ1n) is 10.5. The third-order valence-corrected chi connectivity index (χ3v) is 6.26. The number of ether oxygens (including phenoxy) is 4. The van der Waals surface area contributed by atoms with Gasteiger partial charge in [-0.1, -0.05) is 0 Å². The van der Waals surface area contributed by atoms with Crippen LogP contribution in [0.5, 0.6) is 5.75 Å². The Bertz CT molecular complexity index is 1290. The molecule has 3 heterocycles. The summed E-state index contributed by atoms with van der Waals surface area (Å²) < 4.78 is 22.9. The number of thiophene rings is 1. The molecule has 0 atom stereocenters. The zero-order chi connectivity index (χ0) is 23.7. The second-order valence-electron chi connectivity index (χ2n) is 7.82. The topological polar surface area (TPSA) is 106 Å². The number of aryl methyl sites for hydroxylation is 1. The zero-order valence-corrected chi connectivity index (χ0v) is 19.6. The van der Waals surface area contributed by atoms with E-state index in [4.69, 9.17) is 18.9 Å². The summed E-state index contributed by atoms with van der Waals surface area (Å²) in [7, 11) is 0. The van der Waals surface area contributed by atoms with Gasteiger partial charge in [-0.15, -0.1) is 11.3 Å². The molecule has 0 radical (unpaired) electrons. The molecule has 1 aliphatic heterocycles. The van der Waals surface area contributed by atoms with E-state index in [2.05, 4.69) is 4.98 Å². The van der Waals surface area contributed by atoms with E-state index in [1.165, 1.54) is 10.9 Å². The summed E-state index contributed by atoms with van der Waals surface area (Å²) >= 11 is 1.14. The molecule has 0 saturated heterocycles. The lowest BCUT2D eigenvalue weighted by Gasteiger charge is -2.22. The highest BCUT2D eigenvalue weighted by atomic mass is 32.1. The maximum absolute atomic E-state index is 13.3. The van der Waals surface area contributed by atoms with Crippen LogP contribution in [0, 0.1) is 6.92 Å². The molecule has 4 rings (SSSR count). The van der Waals surface area contributed by atoms with Crippen LogP contribution in [-0.2, 0) is 27.4 Å². The van der Waals surface area contributed by atoms with Crippen molar-refractivity contribution >= 4 is 33.5 Å². The van der Waals surface area contributed by atoms with Crippen molar-refractivity contribution in [2.75, 3.05) is 13.4 Å². The molecule has 0 saturated carbocycles. The van der Waals surface area contributed by atoms with Gasteiger partial charge in [-0.25, -0.2) is 14.6 Å². The maximum Gasteiger partial charge on any atom is 0.348 e. The fraction of sp³-hybridized carbons (Fsp3) is 0.391. The molecule has 2 aromatic heterocycles. The number of aromatic nitrogens is 2. The molecule has 10 heteroatoms. The number of esters is 2. The van der Waals surface area contributed by atoms with Crippen LogP contribution in [-0.4, -0.2) is 41.0 Å². The minimum atomic E-state index is -0.471. The van der Waals surface area contributed by atoms with Gasteiger partial charge in [0.25, 0.3) is 5.56 Å². The predicted molar refractivity (Wildman–Crippen MR) is 121 cm³/mol. The lowest BCUT2D eigenvalue weighted by molar-refractivity contribution is -0.0171. The number of hydrogen-bond donors (Lipinski definition) is 0. The van der Waals surface area contributed by atoms with Gasteiger partial charge in [0.15, 0.2) is 6.79 Å². The van der Waals surface area contributed by atoms with Gasteiger partial charge >= 0.3 is 11.9 Å². The van der Waals surface area contributed by atoms with Crippen molar-refractivity contribution in [1.29, 1.82) is 0 Å². The first-order valence-corrected chi connectivity index (χ1v) is 11.3. The molecule has 3 aromatic rings. The summed E-state index contributed by atoms with van der Waals surface area (Å²) in [5, 5.41) is 0.373. The molecular weight excluding hydrogens is 448 g/mol. The first kappa shape index (κ1) is 22.9. The predicted octanol–water partition coefficient (Wildman–Crippen LogP) is 3.42. The number of fused-ring (bicyclic) bond motifs is 2. The number of nitrogens with zero attached hydrogens (tertiary/aromatic N) is 2. The molecule has 33 heavy (non-hydrogen) atoms. The molecule has 174 valence electrons. The van der Waals surface area contributed by atoms with Crippen molar-refractivity contribution in [1.82, 2.24) is 9.55 Å². The number of carbonyl (C=O) groups is 2. The van der Waals surface area contributed by atoms with Gasteiger partial charge in [0.05, 0.1) is 43.1 Å². The van der Waals surface area contributed by atoms with Gasteiger partial charge in [0, 0.05) is 11.1 Å². The molecule has 1 aliphatic rings. The van der Waals surface area contributed by atoms with E-state index in [0.717, 1.165) is 11.3 Å². The molecule has 1 aromatic carbocycles. The highest BCUT2D eigenvalue weighted by molar-refractivity contribution is 7.20. The lowest BCUT2D eigenvalue weighted by Crippen LogP contribution is -2.23. The Morgan fingerprint density at radius 2 is 2.06 bits per heavy atom. The SMILES string of the molecule is CCOC(=O)c1cc2c(c(Cn3cnc4sc(C(=O)OC(C)C)c(C)c4c3=O)c1)OCOC2. The van der Waals surface area contributed by atoms with Crippen LogP contribution >= 0.6 is 11.3 Å². The highest BCUT2D eigenvalue weighted by Crippen LogP contribution is 2.31. The Labute approximate surface area is 193 Å². The quantitative estimate of drug-likeness (QED) is 0.503. The molecule has 0 N–H and O–H groups in total. The third-order valence-electron chi connectivity index (χ3n) is 5.08. The number of benzene rings is 1. The Balaban J connectivity index is 1.76. The summed E-state index contributed by atoms with van der Waals surface area (Å²) in [5.74, 6) is -0.361. The fourth-order valence-corrected chi connectivity index (χ4v) is 4.69. The minimum absolute atomic E-state index is 0.0793. The van der Waals surface area contributed by atoms with Crippen LogP contribution < -0.4 is 10.3 Å². The summed E-state index contributed by atoms with van der Waals surface area (Å²) in [6.07, 6.45) is 1.16. The maximum atomic E-state index is 13.3. The second kappa shape index (κ2) is 9.32. The Hall–Kier alpha value is -3.24. The third kappa shape index (κ3) is 4.49. The van der Waals surface area contributed by atoms with E-state index < -0.39 is 11.9 Å². The van der Waals surface area contributed by atoms with E-state index in [1.807, 2.05) is 0 Å². The van der Waals surface area contributed by atoms with E-state index in [9.17, 15) is 14.4 Å². The van der Waals surface area contributed by atoms with Crippen LogP contribution in [0.1, 0.15) is 57.5 Å². The molecule has 0 bridgehead atoms. The number of rotatable bonds is 6. The van der Waals surface area contributed by atoms with Gasteiger partial charge in [-0.3, -0.25) is 9.36 Å². The van der Waals surface area contributed by atoms with Crippen molar-refractivity contribution < 1.29 is 28.5 Å². The average molecular weight is 473 g/mol. The van der Waals surface area contributed by atoms with E-state index in [1.54, 1.807) is 39.8 Å². The van der Waals surface area contributed by atoms with Crippen LogP contribution in [0.2, 0.25) is 0 Å². The van der Waals surface area contributed by atoms with E-state index >= 15 is 0 Å². The molecule has 0 unspecified atom stereocenters. The molecule has 0 amide bonds. The standard InChI is InChI=1S/C23H24N2O7S/c1-5-30-22(27)14-6-15(18-16(7-14)9-29-11-31-18)8-25-10-24-20-17(21(25)26)13(4)19(33-20)23(28)32-12(2)3/h6-7,10,12H,5,8-9,11H2,1-4H3. The second-order valence-corrected chi connectivity index (χ2v) is 8.82. The molecule has 9 nitrogen and oxygen atoms in total. The molecule has 0 spiro atoms. The first-order chi connectivity index (χ1) is 15.8. The fourth-order valence-electron chi connectivity index (χ4n) is 3.67. The zero-order valence-electron chi connectivity index (χ0n) is 18.8. The number of carbonyl (C=O) groups excluding carboxylic acids is 2. The van der Waals surface area contributed by atoms with Crippen molar-refractivity contribution in [3.8, 4) is 5.75 Å². The van der Waals surface area contributed by atoms with Gasteiger partial charge in [-0.05, 0) is 45.4 Å². The minimum Gasteiger partial charge on any atom is -0.467 e. The van der Waals surface area contributed by atoms with Gasteiger partial charge in [0.1, 0.15) is 15.5 Å². The van der Waals surface area contributed by atoms with Crippen LogP contribution in [0.4, 0.5) is 0 Å². The van der Waals surface area contributed by atoms with Crippen molar-refractivity contribution in [3.63, 3.8) is 0 Å². The Morgan fingerprint density at radius 1 is 1.27 bits per heavy atom. The molecular formula is C23H24N2O7S. The summed E-state index contributed by atoms with van der Waals surface area (Å²) in [5.41, 5.74) is 1.94. The largest absolute Gasteiger partial charge is 0.467 e. The normalized spacial score (nSPS) is 13.0. The van der Waals surface area contributed by atoms with Crippen molar-refractivity contribution in [2.24, 2.45) is 0 Å². The average Bonchev–Trinajstić information content (AvgIpc) is 3.12. The summed E-state index contributed by atoms with van der Waals surface area (Å²) in [6, 6.07) is 3.33. The van der Waals surface area contributed by atoms with Gasteiger partial charge in [-0.2, -0.15) is 0 Å². The Morgan fingerprint density at radius 3 is 2.79 bits per heavy atom. The van der Waals surface area contributed by atoms with Crippen molar-refractivity contribution in [2.45, 2.75) is 47.0 Å². The van der Waals surface area contributed by atoms with Gasteiger partial charge in [0.2, 0.25) is 0 Å². The van der Waals surface area contributed by atoms with Crippen molar-refractivity contribution in [3.05, 3.63) is 55.9 Å². The van der Waals surface area contributed by atoms with Crippen LogP contribution in [0.15, 0.2) is 23.3 Å². The highest BCUT2D eigenvalue weighted by Gasteiger charge is 2.23. The van der Waals surface area contributed by atoms with E-state index in [0.29, 0.717) is 43.1 Å². The molecule has 0 fully saturated rings. The number of hydrogen-bond acceptors (Lipinski definition) is 9. The van der Waals surface area contributed by atoms with E-state index in [-0.39, 0.29) is 38.2 Å². The Kier molecular flexibility index (Phi) is 6.48. The smallest absolute Gasteiger partial charge is 0.348 e. The summed E-state index contributed by atoms with van der Waals surface area (Å²) in [4.78, 5) is 43.3. The van der Waals surface area contributed by atoms with Crippen LogP contribution in [0.3, 0.4) is 0 Å². The summed E-state index contributed by atoms with van der Waals surface area (Å²) in [6.45, 7) is 7.72. The lowest BCUT2D eigenvalue weighted by atomic mass is 10.0. The van der Waals surface area contributed by atoms with Crippen LogP contribution in [0.25, 0.3) is 10.2 Å². The van der Waals surface area contributed by atoms with Gasteiger partial charge < -0.3 is 18.9 Å². The molecule has 0 aliphatic carbocycles.